The fraction of sp³-hybridized carbons (Fsp3) is 0.353. The van der Waals surface area contributed by atoms with Crippen LogP contribution in [0.3, 0.4) is 0 Å². The van der Waals surface area contributed by atoms with Crippen LogP contribution in [0, 0.1) is 6.92 Å². The maximum absolute atomic E-state index is 4.13. The number of hydrogen-bond donors (Lipinski definition) is 1. The summed E-state index contributed by atoms with van der Waals surface area (Å²) in [4.78, 5) is 4.13. The van der Waals surface area contributed by atoms with Crippen LogP contribution in [0.25, 0.3) is 0 Å². The lowest BCUT2D eigenvalue weighted by Gasteiger charge is -2.13. The second kappa shape index (κ2) is 7.05. The number of nitrogens with one attached hydrogen (secondary N) is 1. The van der Waals surface area contributed by atoms with Gasteiger partial charge in [0.05, 0.1) is 0 Å². The van der Waals surface area contributed by atoms with E-state index in [0.29, 0.717) is 6.04 Å². The molecule has 0 bridgehead atoms. The largest absolute Gasteiger partial charge is 0.310 e. The molecule has 2 heteroatoms. The predicted molar refractivity (Wildman–Crippen MR) is 80.0 cm³/mol. The molecule has 0 radical (unpaired) electrons. The van der Waals surface area contributed by atoms with Gasteiger partial charge in [0.25, 0.3) is 0 Å². The molecule has 1 N–H and O–H groups in total. The van der Waals surface area contributed by atoms with E-state index in [-0.39, 0.29) is 0 Å². The quantitative estimate of drug-likeness (QED) is 0.853. The van der Waals surface area contributed by atoms with Crippen LogP contribution >= 0.6 is 0 Å². The molecule has 0 aliphatic carbocycles. The van der Waals surface area contributed by atoms with Crippen LogP contribution in [0.1, 0.15) is 30.0 Å². The highest BCUT2D eigenvalue weighted by atomic mass is 14.9. The van der Waals surface area contributed by atoms with Gasteiger partial charge in [-0.2, -0.15) is 0 Å². The van der Waals surface area contributed by atoms with E-state index in [4.69, 9.17) is 0 Å². The fourth-order valence-electron chi connectivity index (χ4n) is 2.15. The SMILES string of the molecule is Cc1cccc(CCC(C)NCc2cccnc2)c1. The maximum atomic E-state index is 4.13. The molecular formula is C17H22N2. The molecule has 2 rings (SSSR count). The summed E-state index contributed by atoms with van der Waals surface area (Å²) in [6.45, 7) is 5.28. The number of pyridine rings is 1. The van der Waals surface area contributed by atoms with Crippen LogP contribution in [0.15, 0.2) is 48.8 Å². The van der Waals surface area contributed by atoms with Crippen molar-refractivity contribution in [2.45, 2.75) is 39.3 Å². The minimum Gasteiger partial charge on any atom is -0.310 e. The van der Waals surface area contributed by atoms with E-state index >= 15 is 0 Å². The molecule has 0 fully saturated rings. The van der Waals surface area contributed by atoms with Gasteiger partial charge in [-0.25, -0.2) is 0 Å². The highest BCUT2D eigenvalue weighted by molar-refractivity contribution is 5.22. The Morgan fingerprint density at radius 2 is 2.00 bits per heavy atom. The van der Waals surface area contributed by atoms with Crippen molar-refractivity contribution in [2.75, 3.05) is 0 Å². The summed E-state index contributed by atoms with van der Waals surface area (Å²) >= 11 is 0. The van der Waals surface area contributed by atoms with Gasteiger partial charge in [-0.3, -0.25) is 4.98 Å². The van der Waals surface area contributed by atoms with Gasteiger partial charge in [0.15, 0.2) is 0 Å². The Hall–Kier alpha value is -1.67. The first-order valence-corrected chi connectivity index (χ1v) is 6.92. The lowest BCUT2D eigenvalue weighted by molar-refractivity contribution is 0.513. The molecule has 0 aliphatic heterocycles. The molecule has 0 aliphatic rings. The van der Waals surface area contributed by atoms with Gasteiger partial charge in [-0.1, -0.05) is 35.9 Å². The Morgan fingerprint density at radius 3 is 2.74 bits per heavy atom. The molecule has 1 aromatic heterocycles. The number of nitrogens with zero attached hydrogens (tertiary/aromatic N) is 1. The first kappa shape index (κ1) is 13.8. The molecular weight excluding hydrogens is 232 g/mol. The topological polar surface area (TPSA) is 24.9 Å². The number of rotatable bonds is 6. The lowest BCUT2D eigenvalue weighted by Crippen LogP contribution is -2.26. The predicted octanol–water partition coefficient (Wildman–Crippen LogP) is 3.50. The summed E-state index contributed by atoms with van der Waals surface area (Å²) in [7, 11) is 0. The molecule has 1 unspecified atom stereocenters. The average molecular weight is 254 g/mol. The molecule has 1 heterocycles. The second-order valence-electron chi connectivity index (χ2n) is 5.17. The van der Waals surface area contributed by atoms with Gasteiger partial charge in [0, 0.05) is 25.0 Å². The van der Waals surface area contributed by atoms with Crippen LogP contribution in [-0.4, -0.2) is 11.0 Å². The van der Waals surface area contributed by atoms with Gasteiger partial charge in [-0.05, 0) is 43.9 Å². The van der Waals surface area contributed by atoms with Gasteiger partial charge in [-0.15, -0.1) is 0 Å². The Kier molecular flexibility index (Phi) is 5.10. The molecule has 1 aromatic carbocycles. The zero-order valence-electron chi connectivity index (χ0n) is 11.8. The lowest BCUT2D eigenvalue weighted by atomic mass is 10.0. The molecule has 19 heavy (non-hydrogen) atoms. The average Bonchev–Trinajstić information content (AvgIpc) is 2.44. The van der Waals surface area contributed by atoms with Gasteiger partial charge < -0.3 is 5.32 Å². The summed E-state index contributed by atoms with van der Waals surface area (Å²) in [5.41, 5.74) is 4.01. The third-order valence-corrected chi connectivity index (χ3v) is 3.33. The summed E-state index contributed by atoms with van der Waals surface area (Å²) in [5.74, 6) is 0. The molecule has 100 valence electrons. The molecule has 2 aromatic rings. The molecule has 0 spiro atoms. The van der Waals surface area contributed by atoms with Crippen molar-refractivity contribution in [1.29, 1.82) is 0 Å². The molecule has 1 atom stereocenters. The summed E-state index contributed by atoms with van der Waals surface area (Å²) < 4.78 is 0. The van der Waals surface area contributed by atoms with E-state index in [1.165, 1.54) is 16.7 Å². The van der Waals surface area contributed by atoms with Crippen molar-refractivity contribution < 1.29 is 0 Å². The summed E-state index contributed by atoms with van der Waals surface area (Å²) in [6, 6.07) is 13.4. The van der Waals surface area contributed by atoms with Crippen LogP contribution < -0.4 is 5.32 Å². The highest BCUT2D eigenvalue weighted by Crippen LogP contribution is 2.08. The standard InChI is InChI=1S/C17H22N2/c1-14-5-3-6-16(11-14)9-8-15(2)19-13-17-7-4-10-18-12-17/h3-7,10-12,15,19H,8-9,13H2,1-2H3. The first-order valence-electron chi connectivity index (χ1n) is 6.92. The minimum atomic E-state index is 0.515. The van der Waals surface area contributed by atoms with Crippen molar-refractivity contribution in [1.82, 2.24) is 10.3 Å². The van der Waals surface area contributed by atoms with Crippen molar-refractivity contribution in [2.24, 2.45) is 0 Å². The third kappa shape index (κ3) is 4.84. The molecule has 0 saturated heterocycles. The zero-order chi connectivity index (χ0) is 13.5. The van der Waals surface area contributed by atoms with Crippen molar-refractivity contribution in [3.05, 3.63) is 65.5 Å². The van der Waals surface area contributed by atoms with Gasteiger partial charge in [0.1, 0.15) is 0 Å². The Labute approximate surface area is 115 Å². The van der Waals surface area contributed by atoms with Crippen LogP contribution in [0.4, 0.5) is 0 Å². The Morgan fingerprint density at radius 1 is 1.16 bits per heavy atom. The molecule has 0 amide bonds. The third-order valence-electron chi connectivity index (χ3n) is 3.33. The zero-order valence-corrected chi connectivity index (χ0v) is 11.8. The maximum Gasteiger partial charge on any atom is 0.0312 e. The Balaban J connectivity index is 1.74. The van der Waals surface area contributed by atoms with E-state index in [1.54, 1.807) is 0 Å². The number of hydrogen-bond acceptors (Lipinski definition) is 2. The van der Waals surface area contributed by atoms with Crippen molar-refractivity contribution in [3.63, 3.8) is 0 Å². The summed E-state index contributed by atoms with van der Waals surface area (Å²) in [6.07, 6.45) is 6.01. The molecule has 0 saturated carbocycles. The van der Waals surface area contributed by atoms with Crippen molar-refractivity contribution >= 4 is 0 Å². The monoisotopic (exact) mass is 254 g/mol. The number of benzene rings is 1. The van der Waals surface area contributed by atoms with Crippen LogP contribution in [0.5, 0.6) is 0 Å². The smallest absolute Gasteiger partial charge is 0.0312 e. The Bertz CT molecular complexity index is 494. The fourth-order valence-corrected chi connectivity index (χ4v) is 2.15. The van der Waals surface area contributed by atoms with E-state index in [9.17, 15) is 0 Å². The highest BCUT2D eigenvalue weighted by Gasteiger charge is 2.02. The minimum absolute atomic E-state index is 0.515. The normalized spacial score (nSPS) is 12.3. The van der Waals surface area contributed by atoms with Gasteiger partial charge >= 0.3 is 0 Å². The van der Waals surface area contributed by atoms with E-state index in [1.807, 2.05) is 18.5 Å². The van der Waals surface area contributed by atoms with E-state index in [0.717, 1.165) is 19.4 Å². The van der Waals surface area contributed by atoms with E-state index in [2.05, 4.69) is 54.5 Å². The van der Waals surface area contributed by atoms with Crippen LogP contribution in [-0.2, 0) is 13.0 Å². The first-order chi connectivity index (χ1) is 9.24. The van der Waals surface area contributed by atoms with Crippen LogP contribution in [0.2, 0.25) is 0 Å². The van der Waals surface area contributed by atoms with Crippen molar-refractivity contribution in [3.8, 4) is 0 Å². The van der Waals surface area contributed by atoms with Gasteiger partial charge in [0.2, 0.25) is 0 Å². The summed E-state index contributed by atoms with van der Waals surface area (Å²) in [5, 5.41) is 3.54. The number of aromatic nitrogens is 1. The number of aryl methyl sites for hydroxylation is 2. The molecule has 2 nitrogen and oxygen atoms in total. The second-order valence-corrected chi connectivity index (χ2v) is 5.17. The van der Waals surface area contributed by atoms with E-state index < -0.39 is 0 Å².